The minimum absolute atomic E-state index is 0.0784. The molecule has 1 aromatic heterocycles. The number of carbonyl (C=O) groups excluding carboxylic acids is 1. The molecule has 0 bridgehead atoms. The highest BCUT2D eigenvalue weighted by atomic mass is 35.5. The van der Waals surface area contributed by atoms with E-state index in [2.05, 4.69) is 29.0 Å². The maximum atomic E-state index is 12.6. The lowest BCUT2D eigenvalue weighted by Gasteiger charge is -2.19. The fourth-order valence-electron chi connectivity index (χ4n) is 2.50. The molecule has 0 unspecified atom stereocenters. The van der Waals surface area contributed by atoms with E-state index >= 15 is 0 Å². The van der Waals surface area contributed by atoms with Gasteiger partial charge in [-0.2, -0.15) is 0 Å². The predicted molar refractivity (Wildman–Crippen MR) is 101 cm³/mol. The molecule has 134 valence electrons. The Morgan fingerprint density at radius 1 is 1.32 bits per heavy atom. The first-order valence-electron chi connectivity index (χ1n) is 8.10. The summed E-state index contributed by atoms with van der Waals surface area (Å²) in [6.07, 6.45) is 1.48. The maximum Gasteiger partial charge on any atom is 0.262 e. The van der Waals surface area contributed by atoms with Gasteiger partial charge in [0.25, 0.3) is 5.91 Å². The quantitative estimate of drug-likeness (QED) is 0.582. The topological polar surface area (TPSA) is 80.5 Å². The minimum atomic E-state index is -0.415. The first-order valence-corrected chi connectivity index (χ1v) is 8.48. The molecule has 0 atom stereocenters. The molecule has 0 spiro atoms. The number of benzene rings is 1. The second kappa shape index (κ2) is 8.69. The summed E-state index contributed by atoms with van der Waals surface area (Å²) in [7, 11) is 1.47. The molecule has 25 heavy (non-hydrogen) atoms. The van der Waals surface area contributed by atoms with Crippen LogP contribution in [0.15, 0.2) is 30.5 Å². The summed E-state index contributed by atoms with van der Waals surface area (Å²) in [6, 6.07) is 7.21. The van der Waals surface area contributed by atoms with Crippen LogP contribution < -0.4 is 15.8 Å². The Morgan fingerprint density at radius 2 is 2.04 bits per heavy atom. The van der Waals surface area contributed by atoms with Gasteiger partial charge in [0, 0.05) is 12.7 Å². The third-order valence-corrected chi connectivity index (χ3v) is 4.27. The van der Waals surface area contributed by atoms with Crippen LogP contribution in [-0.2, 0) is 6.54 Å². The number of carbonyl (C=O) groups is 1. The molecule has 0 aliphatic rings. The fraction of sp³-hybridized carbons (Fsp3) is 0.333. The number of hydrogen-bond donors (Lipinski definition) is 2. The largest absolute Gasteiger partial charge is 0.496 e. The number of nitrogens with zero attached hydrogens (tertiary/aromatic N) is 2. The number of methoxy groups -OCH3 is 1. The molecule has 0 saturated carbocycles. The number of nitrogens with two attached hydrogens (primary N) is 1. The molecule has 0 aliphatic carbocycles. The van der Waals surface area contributed by atoms with Crippen molar-refractivity contribution in [1.29, 1.82) is 0 Å². The van der Waals surface area contributed by atoms with Crippen molar-refractivity contribution in [2.45, 2.75) is 20.4 Å². The van der Waals surface area contributed by atoms with Crippen LogP contribution in [0.1, 0.15) is 29.8 Å². The van der Waals surface area contributed by atoms with E-state index in [-0.39, 0.29) is 10.7 Å². The highest BCUT2D eigenvalue weighted by molar-refractivity contribution is 6.33. The maximum absolute atomic E-state index is 12.6. The fourth-order valence-corrected chi connectivity index (χ4v) is 2.73. The monoisotopic (exact) mass is 362 g/mol. The standard InChI is InChI=1S/C18H23ClN4O2/c1-4-23(5-2)11-12-6-7-13(20)14(10-12)22-18(24)16-15(25-3)8-9-21-17(16)19/h6-10H,4-5,11,20H2,1-3H3,(H,22,24). The third-order valence-electron chi connectivity index (χ3n) is 3.98. The first kappa shape index (κ1) is 19.0. The Bertz CT molecular complexity index is 748. The van der Waals surface area contributed by atoms with Crippen molar-refractivity contribution in [3.8, 4) is 5.75 Å². The van der Waals surface area contributed by atoms with Gasteiger partial charge in [-0.1, -0.05) is 31.5 Å². The van der Waals surface area contributed by atoms with Crippen LogP contribution in [-0.4, -0.2) is 36.0 Å². The van der Waals surface area contributed by atoms with E-state index in [9.17, 15) is 4.79 Å². The van der Waals surface area contributed by atoms with E-state index in [0.29, 0.717) is 17.1 Å². The molecule has 2 aromatic rings. The van der Waals surface area contributed by atoms with E-state index < -0.39 is 5.91 Å². The molecule has 0 radical (unpaired) electrons. The van der Waals surface area contributed by atoms with Crippen LogP contribution >= 0.6 is 11.6 Å². The van der Waals surface area contributed by atoms with Gasteiger partial charge in [0.15, 0.2) is 0 Å². The lowest BCUT2D eigenvalue weighted by Crippen LogP contribution is -2.22. The van der Waals surface area contributed by atoms with Gasteiger partial charge in [0.1, 0.15) is 16.5 Å². The number of ether oxygens (including phenoxy) is 1. The van der Waals surface area contributed by atoms with Crippen LogP contribution in [0.4, 0.5) is 11.4 Å². The zero-order valence-corrected chi connectivity index (χ0v) is 15.4. The number of aromatic nitrogens is 1. The summed E-state index contributed by atoms with van der Waals surface area (Å²) < 4.78 is 5.20. The average molecular weight is 363 g/mol. The number of nitrogens with one attached hydrogen (secondary N) is 1. The number of hydrogen-bond acceptors (Lipinski definition) is 5. The molecule has 1 aromatic carbocycles. The molecule has 2 rings (SSSR count). The summed E-state index contributed by atoms with van der Waals surface area (Å²) in [5, 5.41) is 2.88. The Kier molecular flexibility index (Phi) is 6.61. The van der Waals surface area contributed by atoms with Gasteiger partial charge < -0.3 is 15.8 Å². The van der Waals surface area contributed by atoms with Crippen LogP contribution in [0.5, 0.6) is 5.75 Å². The van der Waals surface area contributed by atoms with Crippen molar-refractivity contribution in [3.63, 3.8) is 0 Å². The van der Waals surface area contributed by atoms with Gasteiger partial charge in [-0.3, -0.25) is 9.69 Å². The summed E-state index contributed by atoms with van der Waals surface area (Å²) in [4.78, 5) is 18.8. The zero-order chi connectivity index (χ0) is 18.4. The van der Waals surface area contributed by atoms with Gasteiger partial charge in [-0.25, -0.2) is 4.98 Å². The Morgan fingerprint density at radius 3 is 2.68 bits per heavy atom. The molecule has 0 saturated heterocycles. The van der Waals surface area contributed by atoms with Crippen LogP contribution in [0.25, 0.3) is 0 Å². The van der Waals surface area contributed by atoms with Crippen molar-refractivity contribution in [1.82, 2.24) is 9.88 Å². The van der Waals surface area contributed by atoms with Crippen LogP contribution in [0.3, 0.4) is 0 Å². The van der Waals surface area contributed by atoms with Crippen molar-refractivity contribution in [2.75, 3.05) is 31.2 Å². The van der Waals surface area contributed by atoms with Crippen molar-refractivity contribution >= 4 is 28.9 Å². The molecule has 7 heteroatoms. The molecular weight excluding hydrogens is 340 g/mol. The molecule has 1 heterocycles. The SMILES string of the molecule is CCN(CC)Cc1ccc(N)c(NC(=O)c2c(OC)ccnc2Cl)c1. The molecule has 3 N–H and O–H groups in total. The Hall–Kier alpha value is -2.31. The van der Waals surface area contributed by atoms with Gasteiger partial charge in [0.05, 0.1) is 18.5 Å². The van der Waals surface area contributed by atoms with Gasteiger partial charge >= 0.3 is 0 Å². The number of amides is 1. The average Bonchev–Trinajstić information content (AvgIpc) is 2.61. The van der Waals surface area contributed by atoms with Crippen LogP contribution in [0, 0.1) is 0 Å². The Labute approximate surface area is 152 Å². The third kappa shape index (κ3) is 4.61. The van der Waals surface area contributed by atoms with E-state index in [1.165, 1.54) is 13.3 Å². The number of anilines is 2. The molecule has 1 amide bonds. The van der Waals surface area contributed by atoms with Gasteiger partial charge in [-0.05, 0) is 36.9 Å². The lowest BCUT2D eigenvalue weighted by molar-refractivity contribution is 0.102. The normalized spacial score (nSPS) is 10.8. The second-order valence-electron chi connectivity index (χ2n) is 5.52. The lowest BCUT2D eigenvalue weighted by atomic mass is 10.1. The van der Waals surface area contributed by atoms with E-state index in [1.54, 1.807) is 12.1 Å². The van der Waals surface area contributed by atoms with E-state index in [4.69, 9.17) is 22.1 Å². The van der Waals surface area contributed by atoms with Gasteiger partial charge in [-0.15, -0.1) is 0 Å². The van der Waals surface area contributed by atoms with Crippen molar-refractivity contribution in [2.24, 2.45) is 0 Å². The highest BCUT2D eigenvalue weighted by Crippen LogP contribution is 2.27. The summed E-state index contributed by atoms with van der Waals surface area (Å²) in [5.41, 5.74) is 8.28. The van der Waals surface area contributed by atoms with Gasteiger partial charge in [0.2, 0.25) is 0 Å². The van der Waals surface area contributed by atoms with E-state index in [0.717, 1.165) is 25.2 Å². The minimum Gasteiger partial charge on any atom is -0.496 e. The molecule has 0 fully saturated rings. The molecule has 6 nitrogen and oxygen atoms in total. The summed E-state index contributed by atoms with van der Waals surface area (Å²) >= 11 is 6.06. The van der Waals surface area contributed by atoms with Crippen LogP contribution in [0.2, 0.25) is 5.15 Å². The van der Waals surface area contributed by atoms with E-state index in [1.807, 2.05) is 12.1 Å². The highest BCUT2D eigenvalue weighted by Gasteiger charge is 2.18. The first-order chi connectivity index (χ1) is 12.0. The smallest absolute Gasteiger partial charge is 0.262 e. The number of nitrogen functional groups attached to an aromatic ring is 1. The van der Waals surface area contributed by atoms with Crippen molar-refractivity contribution < 1.29 is 9.53 Å². The van der Waals surface area contributed by atoms with Crippen molar-refractivity contribution in [3.05, 3.63) is 46.7 Å². The number of pyridine rings is 1. The predicted octanol–water partition coefficient (Wildman–Crippen LogP) is 3.42. The number of halogens is 1. The molecular formula is C18H23ClN4O2. The Balaban J connectivity index is 2.26. The zero-order valence-electron chi connectivity index (χ0n) is 14.7. The molecule has 0 aliphatic heterocycles. The number of rotatable bonds is 7. The second-order valence-corrected chi connectivity index (χ2v) is 5.87. The summed E-state index contributed by atoms with van der Waals surface area (Å²) in [5.74, 6) is -0.0583. The summed E-state index contributed by atoms with van der Waals surface area (Å²) in [6.45, 7) is 6.91.